The second-order valence-electron chi connectivity index (χ2n) is 4.04. The van der Waals surface area contributed by atoms with E-state index in [0.29, 0.717) is 16.7 Å². The molecule has 0 aromatic carbocycles. The first-order chi connectivity index (χ1) is 9.10. The topological polar surface area (TPSA) is 84.7 Å². The van der Waals surface area contributed by atoms with Crippen molar-refractivity contribution in [3.05, 3.63) is 22.5 Å². The van der Waals surface area contributed by atoms with E-state index in [1.165, 1.54) is 11.3 Å². The molecule has 2 heterocycles. The Labute approximate surface area is 115 Å². The van der Waals surface area contributed by atoms with Gasteiger partial charge in [0, 0.05) is 31.9 Å². The first-order valence-corrected chi connectivity index (χ1v) is 6.76. The van der Waals surface area contributed by atoms with Crippen LogP contribution in [0.5, 0.6) is 0 Å². The van der Waals surface area contributed by atoms with Crippen LogP contribution in [0.15, 0.2) is 6.20 Å². The summed E-state index contributed by atoms with van der Waals surface area (Å²) in [5.74, 6) is -0.218. The van der Waals surface area contributed by atoms with Crippen LogP contribution in [-0.2, 0) is 13.6 Å². The van der Waals surface area contributed by atoms with E-state index in [4.69, 9.17) is 0 Å². The maximum atomic E-state index is 11.9. The van der Waals surface area contributed by atoms with Crippen molar-refractivity contribution < 1.29 is 4.79 Å². The van der Waals surface area contributed by atoms with Crippen LogP contribution >= 0.6 is 11.3 Å². The molecular formula is C11H16N6OS. The Morgan fingerprint density at radius 1 is 1.47 bits per heavy atom. The normalized spacial score (nSPS) is 10.5. The van der Waals surface area contributed by atoms with Gasteiger partial charge in [-0.25, -0.2) is 0 Å². The fraction of sp³-hybridized carbons (Fsp3) is 0.455. The largest absolute Gasteiger partial charge is 0.360 e. The van der Waals surface area contributed by atoms with E-state index in [2.05, 4.69) is 25.9 Å². The molecule has 0 aliphatic carbocycles. The summed E-state index contributed by atoms with van der Waals surface area (Å²) in [5, 5.41) is 18.8. The van der Waals surface area contributed by atoms with Gasteiger partial charge in [0.05, 0.1) is 5.69 Å². The predicted octanol–water partition coefficient (Wildman–Crippen LogP) is 0.942. The van der Waals surface area contributed by atoms with Crippen LogP contribution in [0.3, 0.4) is 0 Å². The quantitative estimate of drug-likeness (QED) is 0.851. The van der Waals surface area contributed by atoms with Crippen molar-refractivity contribution in [2.24, 2.45) is 7.05 Å². The van der Waals surface area contributed by atoms with Crippen LogP contribution in [0.2, 0.25) is 0 Å². The molecule has 0 aliphatic rings. The minimum atomic E-state index is -0.218. The van der Waals surface area contributed by atoms with Crippen molar-refractivity contribution in [3.8, 4) is 0 Å². The molecule has 2 rings (SSSR count). The van der Waals surface area contributed by atoms with Crippen molar-refractivity contribution in [1.29, 1.82) is 0 Å². The Kier molecular flexibility index (Phi) is 4.10. The number of amides is 1. The summed E-state index contributed by atoms with van der Waals surface area (Å²) in [4.78, 5) is 11.9. The SMILES string of the molecule is CCNc1nnc(C(=O)NCc2cn(C)nc2C)s1. The minimum absolute atomic E-state index is 0.218. The third-order valence-electron chi connectivity index (χ3n) is 2.50. The third kappa shape index (κ3) is 3.28. The molecule has 0 saturated carbocycles. The van der Waals surface area contributed by atoms with E-state index in [9.17, 15) is 4.79 Å². The summed E-state index contributed by atoms with van der Waals surface area (Å²) in [6.45, 7) is 5.07. The fourth-order valence-corrected chi connectivity index (χ4v) is 2.34. The van der Waals surface area contributed by atoms with Gasteiger partial charge in [-0.15, -0.1) is 10.2 Å². The molecule has 1 amide bonds. The molecule has 19 heavy (non-hydrogen) atoms. The molecule has 2 aromatic heterocycles. The second kappa shape index (κ2) is 5.79. The van der Waals surface area contributed by atoms with E-state index >= 15 is 0 Å². The maximum absolute atomic E-state index is 11.9. The highest BCUT2D eigenvalue weighted by Crippen LogP contribution is 2.14. The standard InChI is InChI=1S/C11H16N6OS/c1-4-12-11-15-14-10(19-11)9(18)13-5-8-6-17(3)16-7(8)2/h6H,4-5H2,1-3H3,(H,12,15)(H,13,18). The number of anilines is 1. The van der Waals surface area contributed by atoms with Gasteiger partial charge in [0.2, 0.25) is 10.1 Å². The molecule has 0 unspecified atom stereocenters. The van der Waals surface area contributed by atoms with Crippen LogP contribution in [0.1, 0.15) is 28.0 Å². The van der Waals surface area contributed by atoms with Crippen molar-refractivity contribution in [3.63, 3.8) is 0 Å². The number of aromatic nitrogens is 4. The van der Waals surface area contributed by atoms with E-state index in [-0.39, 0.29) is 5.91 Å². The lowest BCUT2D eigenvalue weighted by molar-refractivity contribution is 0.0950. The predicted molar refractivity (Wildman–Crippen MR) is 73.2 cm³/mol. The molecule has 2 N–H and O–H groups in total. The van der Waals surface area contributed by atoms with Gasteiger partial charge in [0.15, 0.2) is 0 Å². The fourth-order valence-electron chi connectivity index (χ4n) is 1.61. The van der Waals surface area contributed by atoms with E-state index in [0.717, 1.165) is 17.8 Å². The number of carbonyl (C=O) groups is 1. The van der Waals surface area contributed by atoms with Gasteiger partial charge in [-0.05, 0) is 13.8 Å². The summed E-state index contributed by atoms with van der Waals surface area (Å²) in [7, 11) is 1.85. The van der Waals surface area contributed by atoms with Gasteiger partial charge in [0.1, 0.15) is 0 Å². The smallest absolute Gasteiger partial charge is 0.282 e. The van der Waals surface area contributed by atoms with Crippen LogP contribution in [-0.4, -0.2) is 32.4 Å². The molecule has 0 spiro atoms. The molecule has 102 valence electrons. The highest BCUT2D eigenvalue weighted by Gasteiger charge is 2.13. The lowest BCUT2D eigenvalue weighted by Gasteiger charge is -2.00. The second-order valence-corrected chi connectivity index (χ2v) is 5.02. The number of hydrogen-bond acceptors (Lipinski definition) is 6. The summed E-state index contributed by atoms with van der Waals surface area (Å²) in [5.41, 5.74) is 1.90. The third-order valence-corrected chi connectivity index (χ3v) is 3.38. The number of carbonyl (C=O) groups excluding carboxylic acids is 1. The maximum Gasteiger partial charge on any atom is 0.282 e. The molecule has 0 atom stereocenters. The van der Waals surface area contributed by atoms with E-state index in [1.54, 1.807) is 4.68 Å². The average Bonchev–Trinajstić information content (AvgIpc) is 2.94. The van der Waals surface area contributed by atoms with E-state index in [1.807, 2.05) is 27.1 Å². The van der Waals surface area contributed by atoms with Crippen LogP contribution in [0, 0.1) is 6.92 Å². The zero-order valence-electron chi connectivity index (χ0n) is 11.1. The number of hydrogen-bond donors (Lipinski definition) is 2. The van der Waals surface area contributed by atoms with Gasteiger partial charge in [-0.1, -0.05) is 11.3 Å². The average molecular weight is 280 g/mol. The van der Waals surface area contributed by atoms with Crippen LogP contribution in [0.4, 0.5) is 5.13 Å². The first-order valence-electron chi connectivity index (χ1n) is 5.95. The van der Waals surface area contributed by atoms with Gasteiger partial charge in [0.25, 0.3) is 5.91 Å². The number of aryl methyl sites for hydroxylation is 2. The van der Waals surface area contributed by atoms with Crippen LogP contribution < -0.4 is 10.6 Å². The lowest BCUT2D eigenvalue weighted by Crippen LogP contribution is -2.22. The zero-order chi connectivity index (χ0) is 13.8. The Morgan fingerprint density at radius 3 is 2.89 bits per heavy atom. The van der Waals surface area contributed by atoms with E-state index < -0.39 is 0 Å². The summed E-state index contributed by atoms with van der Waals surface area (Å²) >= 11 is 1.24. The molecule has 0 aliphatic heterocycles. The van der Waals surface area contributed by atoms with Gasteiger partial charge < -0.3 is 10.6 Å². The first kappa shape index (κ1) is 13.5. The summed E-state index contributed by atoms with van der Waals surface area (Å²) in [6.07, 6.45) is 1.89. The number of nitrogens with one attached hydrogen (secondary N) is 2. The highest BCUT2D eigenvalue weighted by molar-refractivity contribution is 7.17. The minimum Gasteiger partial charge on any atom is -0.360 e. The number of rotatable bonds is 5. The van der Waals surface area contributed by atoms with Gasteiger partial charge in [-0.3, -0.25) is 9.48 Å². The van der Waals surface area contributed by atoms with Crippen molar-refractivity contribution in [2.75, 3.05) is 11.9 Å². The van der Waals surface area contributed by atoms with Crippen molar-refractivity contribution in [1.82, 2.24) is 25.3 Å². The zero-order valence-corrected chi connectivity index (χ0v) is 11.9. The van der Waals surface area contributed by atoms with Crippen molar-refractivity contribution >= 4 is 22.4 Å². The molecule has 7 nitrogen and oxygen atoms in total. The number of nitrogens with zero attached hydrogens (tertiary/aromatic N) is 4. The summed E-state index contributed by atoms with van der Waals surface area (Å²) in [6, 6.07) is 0. The lowest BCUT2D eigenvalue weighted by atomic mass is 10.2. The highest BCUT2D eigenvalue weighted by atomic mass is 32.1. The Morgan fingerprint density at radius 2 is 2.26 bits per heavy atom. The van der Waals surface area contributed by atoms with Gasteiger partial charge >= 0.3 is 0 Å². The molecule has 2 aromatic rings. The molecular weight excluding hydrogens is 264 g/mol. The molecule has 0 fully saturated rings. The summed E-state index contributed by atoms with van der Waals surface area (Å²) < 4.78 is 1.73. The molecule has 0 bridgehead atoms. The monoisotopic (exact) mass is 280 g/mol. The molecule has 8 heteroatoms. The Balaban J connectivity index is 1.95. The molecule has 0 saturated heterocycles. The molecule has 0 radical (unpaired) electrons. The van der Waals surface area contributed by atoms with Crippen LogP contribution in [0.25, 0.3) is 0 Å². The van der Waals surface area contributed by atoms with Crippen molar-refractivity contribution in [2.45, 2.75) is 20.4 Å². The van der Waals surface area contributed by atoms with Gasteiger partial charge in [-0.2, -0.15) is 5.10 Å². The Hall–Kier alpha value is -1.96. The Bertz CT molecular complexity index is 576.